The van der Waals surface area contributed by atoms with E-state index in [0.29, 0.717) is 0 Å². The van der Waals surface area contributed by atoms with E-state index in [0.717, 1.165) is 18.6 Å². The maximum atomic E-state index is 6.96. The molecule has 0 aromatic rings. The highest BCUT2D eigenvalue weighted by Crippen LogP contribution is 2.05. The Morgan fingerprint density at radius 3 is 2.83 bits per heavy atom. The van der Waals surface area contributed by atoms with Gasteiger partial charge in [0.25, 0.3) is 0 Å². The van der Waals surface area contributed by atoms with E-state index in [4.69, 9.17) is 11.1 Å². The molecule has 0 aliphatic carbocycles. The zero-order valence-corrected chi connectivity index (χ0v) is 8.36. The molecule has 0 atom stereocenters. The van der Waals surface area contributed by atoms with E-state index in [9.17, 15) is 0 Å². The molecule has 0 bridgehead atoms. The summed E-state index contributed by atoms with van der Waals surface area (Å²) < 4.78 is 0. The Hall–Kier alpha value is -0.510. The monoisotopic (exact) mass is 187 g/mol. The summed E-state index contributed by atoms with van der Waals surface area (Å²) in [6, 6.07) is 0. The van der Waals surface area contributed by atoms with Crippen molar-refractivity contribution in [1.29, 1.82) is 5.41 Å². The van der Waals surface area contributed by atoms with Crippen molar-refractivity contribution in [2.24, 2.45) is 10.7 Å². The first-order valence-corrected chi connectivity index (χ1v) is 5.13. The minimum absolute atomic E-state index is 0.227. The molecule has 0 fully saturated rings. The zero-order chi connectivity index (χ0) is 9.23. The van der Waals surface area contributed by atoms with Gasteiger partial charge in [-0.25, -0.2) is 0 Å². The number of amidine groups is 1. The Bertz CT molecular complexity index is 145. The average molecular weight is 187 g/mol. The first kappa shape index (κ1) is 11.5. The molecule has 0 saturated carbocycles. The maximum Gasteiger partial charge on any atom is 0.151 e. The largest absolute Gasteiger partial charge is 0.379 e. The van der Waals surface area contributed by atoms with Gasteiger partial charge in [0.1, 0.15) is 0 Å². The maximum absolute atomic E-state index is 6.96. The molecule has 3 nitrogen and oxygen atoms in total. The summed E-state index contributed by atoms with van der Waals surface area (Å²) in [4.78, 5) is 3.90. The van der Waals surface area contributed by atoms with Crippen molar-refractivity contribution in [3.05, 3.63) is 0 Å². The highest BCUT2D eigenvalue weighted by Gasteiger charge is 1.91. The van der Waals surface area contributed by atoms with E-state index < -0.39 is 0 Å². The standard InChI is InChI=1S/C8H17N3S/c1-11-6-4-2-3-5-7-12-8(9)10/h6H,2-5,7H2,1H3,(H3,9,10). The van der Waals surface area contributed by atoms with Crippen LogP contribution in [-0.4, -0.2) is 24.2 Å². The van der Waals surface area contributed by atoms with Crippen LogP contribution in [-0.2, 0) is 0 Å². The summed E-state index contributed by atoms with van der Waals surface area (Å²) in [6.07, 6.45) is 6.54. The van der Waals surface area contributed by atoms with E-state index in [1.807, 2.05) is 6.21 Å². The van der Waals surface area contributed by atoms with Gasteiger partial charge in [0.2, 0.25) is 0 Å². The molecule has 0 aliphatic heterocycles. The summed E-state index contributed by atoms with van der Waals surface area (Å²) in [7, 11) is 1.80. The van der Waals surface area contributed by atoms with Gasteiger partial charge in [-0.15, -0.1) is 0 Å². The molecule has 70 valence electrons. The summed E-state index contributed by atoms with van der Waals surface area (Å²) in [5.74, 6) is 0.971. The fourth-order valence-electron chi connectivity index (χ4n) is 0.826. The third-order valence-electron chi connectivity index (χ3n) is 1.42. The van der Waals surface area contributed by atoms with Crippen molar-refractivity contribution >= 4 is 23.1 Å². The van der Waals surface area contributed by atoms with Gasteiger partial charge < -0.3 is 10.7 Å². The van der Waals surface area contributed by atoms with Gasteiger partial charge in [0.05, 0.1) is 0 Å². The summed E-state index contributed by atoms with van der Waals surface area (Å²) in [5.41, 5.74) is 5.18. The smallest absolute Gasteiger partial charge is 0.151 e. The molecular formula is C8H17N3S. The Kier molecular flexibility index (Phi) is 8.22. The van der Waals surface area contributed by atoms with Crippen LogP contribution in [0.25, 0.3) is 0 Å². The first-order chi connectivity index (χ1) is 5.77. The Balaban J connectivity index is 2.96. The van der Waals surface area contributed by atoms with Crippen LogP contribution in [0.1, 0.15) is 25.7 Å². The number of hydrogen-bond donors (Lipinski definition) is 2. The lowest BCUT2D eigenvalue weighted by molar-refractivity contribution is 0.752. The third-order valence-corrected chi connectivity index (χ3v) is 2.22. The van der Waals surface area contributed by atoms with Crippen LogP contribution in [0.5, 0.6) is 0 Å². The average Bonchev–Trinajstić information content (AvgIpc) is 2.02. The zero-order valence-electron chi connectivity index (χ0n) is 7.55. The summed E-state index contributed by atoms with van der Waals surface area (Å²) >= 11 is 1.42. The molecule has 0 saturated heterocycles. The number of unbranched alkanes of at least 4 members (excludes halogenated alkanes) is 3. The molecule has 4 heteroatoms. The SMILES string of the molecule is CN=CCCCCCSC(=N)N. The molecule has 3 N–H and O–H groups in total. The summed E-state index contributed by atoms with van der Waals surface area (Å²) in [5, 5.41) is 7.19. The Morgan fingerprint density at radius 1 is 1.50 bits per heavy atom. The van der Waals surface area contributed by atoms with Crippen LogP contribution in [0.2, 0.25) is 0 Å². The second kappa shape index (κ2) is 8.59. The Morgan fingerprint density at radius 2 is 2.25 bits per heavy atom. The second-order valence-corrected chi connectivity index (χ2v) is 3.64. The molecule has 0 aromatic carbocycles. The molecule has 0 spiro atoms. The van der Waals surface area contributed by atoms with Crippen molar-refractivity contribution in [3.63, 3.8) is 0 Å². The molecule has 0 amide bonds. The molecule has 0 aromatic heterocycles. The van der Waals surface area contributed by atoms with Crippen molar-refractivity contribution < 1.29 is 0 Å². The van der Waals surface area contributed by atoms with E-state index in [1.54, 1.807) is 7.05 Å². The minimum atomic E-state index is 0.227. The van der Waals surface area contributed by atoms with Gasteiger partial charge in [-0.05, 0) is 25.5 Å². The van der Waals surface area contributed by atoms with Gasteiger partial charge in [0, 0.05) is 12.8 Å². The lowest BCUT2D eigenvalue weighted by atomic mass is 10.2. The number of nitrogens with one attached hydrogen (secondary N) is 1. The number of rotatable bonds is 6. The van der Waals surface area contributed by atoms with Gasteiger partial charge in [-0.2, -0.15) is 0 Å². The van der Waals surface area contributed by atoms with E-state index >= 15 is 0 Å². The van der Waals surface area contributed by atoms with Crippen LogP contribution in [0.3, 0.4) is 0 Å². The molecular weight excluding hydrogens is 170 g/mol. The van der Waals surface area contributed by atoms with Crippen molar-refractivity contribution in [2.75, 3.05) is 12.8 Å². The van der Waals surface area contributed by atoms with Crippen LogP contribution < -0.4 is 5.73 Å². The number of nitrogens with two attached hydrogens (primary N) is 1. The van der Waals surface area contributed by atoms with Crippen molar-refractivity contribution in [3.8, 4) is 0 Å². The molecule has 0 rings (SSSR count). The number of aliphatic imine (C=N–C) groups is 1. The van der Waals surface area contributed by atoms with Gasteiger partial charge in [-0.1, -0.05) is 18.2 Å². The molecule has 0 unspecified atom stereocenters. The predicted molar refractivity (Wildman–Crippen MR) is 57.3 cm³/mol. The quantitative estimate of drug-likeness (QED) is 0.379. The van der Waals surface area contributed by atoms with Gasteiger partial charge >= 0.3 is 0 Å². The highest BCUT2D eigenvalue weighted by atomic mass is 32.2. The molecule has 0 heterocycles. The van der Waals surface area contributed by atoms with Crippen LogP contribution in [0.4, 0.5) is 0 Å². The first-order valence-electron chi connectivity index (χ1n) is 4.15. The number of hydrogen-bond acceptors (Lipinski definition) is 3. The minimum Gasteiger partial charge on any atom is -0.379 e. The van der Waals surface area contributed by atoms with E-state index in [2.05, 4.69) is 4.99 Å². The van der Waals surface area contributed by atoms with Crippen LogP contribution in [0.15, 0.2) is 4.99 Å². The Labute approximate surface area is 78.3 Å². The fourth-order valence-corrected chi connectivity index (χ4v) is 1.39. The van der Waals surface area contributed by atoms with Crippen molar-refractivity contribution in [1.82, 2.24) is 0 Å². The predicted octanol–water partition coefficient (Wildman–Crippen LogP) is 1.87. The van der Waals surface area contributed by atoms with Crippen LogP contribution in [0, 0.1) is 5.41 Å². The van der Waals surface area contributed by atoms with Crippen molar-refractivity contribution in [2.45, 2.75) is 25.7 Å². The lowest BCUT2D eigenvalue weighted by Crippen LogP contribution is -2.04. The van der Waals surface area contributed by atoms with E-state index in [1.165, 1.54) is 24.6 Å². The number of nitrogens with zero attached hydrogens (tertiary/aromatic N) is 1. The second-order valence-electron chi connectivity index (χ2n) is 2.50. The highest BCUT2D eigenvalue weighted by molar-refractivity contribution is 8.13. The normalized spacial score (nSPS) is 10.8. The number of thioether (sulfide) groups is 1. The lowest BCUT2D eigenvalue weighted by Gasteiger charge is -1.97. The molecule has 0 aliphatic rings. The third kappa shape index (κ3) is 9.49. The topological polar surface area (TPSA) is 62.2 Å². The van der Waals surface area contributed by atoms with Gasteiger partial charge in [-0.3, -0.25) is 5.41 Å². The van der Waals surface area contributed by atoms with Crippen LogP contribution >= 0.6 is 11.8 Å². The molecule has 12 heavy (non-hydrogen) atoms. The van der Waals surface area contributed by atoms with Gasteiger partial charge in [0.15, 0.2) is 5.17 Å². The van der Waals surface area contributed by atoms with E-state index in [-0.39, 0.29) is 5.17 Å². The molecule has 0 radical (unpaired) electrons. The fraction of sp³-hybridized carbons (Fsp3) is 0.750. The summed E-state index contributed by atoms with van der Waals surface area (Å²) in [6.45, 7) is 0.